The molecule has 2 rings (SSSR count). The second-order valence-electron chi connectivity index (χ2n) is 6.96. The summed E-state index contributed by atoms with van der Waals surface area (Å²) in [5.41, 5.74) is 1.55. The number of aryl methyl sites for hydroxylation is 2. The van der Waals surface area contributed by atoms with Crippen LogP contribution in [0.1, 0.15) is 51.5 Å². The Hall–Kier alpha value is -0.870. The Morgan fingerprint density at radius 3 is 2.43 bits per heavy atom. The van der Waals surface area contributed by atoms with Gasteiger partial charge >= 0.3 is 0 Å². The summed E-state index contributed by atoms with van der Waals surface area (Å²) in [6, 6.07) is 0.510. The van der Waals surface area contributed by atoms with Gasteiger partial charge in [-0.15, -0.1) is 0 Å². The fourth-order valence-electron chi connectivity index (χ4n) is 3.63. The molecule has 1 aliphatic heterocycles. The van der Waals surface area contributed by atoms with Gasteiger partial charge in [0.1, 0.15) is 0 Å². The summed E-state index contributed by atoms with van der Waals surface area (Å²) in [6.07, 6.45) is 11.9. The van der Waals surface area contributed by atoms with Crippen LogP contribution >= 0.6 is 0 Å². The van der Waals surface area contributed by atoms with Gasteiger partial charge in [-0.25, -0.2) is 0 Å². The fraction of sp³-hybridized carbons (Fsp3) is 0.824. The minimum absolute atomic E-state index is 0.210. The van der Waals surface area contributed by atoms with Gasteiger partial charge in [0.25, 0.3) is 0 Å². The molecule has 1 fully saturated rings. The van der Waals surface area contributed by atoms with Crippen molar-refractivity contribution >= 4 is 0 Å². The predicted molar refractivity (Wildman–Crippen MR) is 88.5 cm³/mol. The summed E-state index contributed by atoms with van der Waals surface area (Å²) in [4.78, 5) is 2.70. The zero-order valence-corrected chi connectivity index (χ0v) is 14.2. The molecule has 2 heterocycles. The van der Waals surface area contributed by atoms with Crippen LogP contribution in [0.4, 0.5) is 0 Å². The van der Waals surface area contributed by atoms with Gasteiger partial charge in [-0.2, -0.15) is 5.10 Å². The van der Waals surface area contributed by atoms with Crippen LogP contribution in [0.15, 0.2) is 12.4 Å². The van der Waals surface area contributed by atoms with Crippen molar-refractivity contribution < 1.29 is 0 Å². The van der Waals surface area contributed by atoms with Crippen LogP contribution in [0.2, 0.25) is 0 Å². The molecule has 0 radical (unpaired) electrons. The van der Waals surface area contributed by atoms with Crippen molar-refractivity contribution in [3.05, 3.63) is 18.0 Å². The molecule has 0 aliphatic carbocycles. The zero-order chi connectivity index (χ0) is 15.3. The van der Waals surface area contributed by atoms with E-state index in [4.69, 9.17) is 0 Å². The fourth-order valence-corrected chi connectivity index (χ4v) is 3.63. The molecule has 1 aromatic heterocycles. The molecule has 1 aromatic rings. The van der Waals surface area contributed by atoms with Gasteiger partial charge < -0.3 is 5.32 Å². The monoisotopic (exact) mass is 292 g/mol. The van der Waals surface area contributed by atoms with Crippen molar-refractivity contribution in [1.29, 1.82) is 0 Å². The SMILES string of the molecule is CNC(CCc1cnn(C)c1)C(C)(C)N1CCCCCC1. The molecule has 1 aliphatic rings. The highest BCUT2D eigenvalue weighted by molar-refractivity contribution is 5.05. The summed E-state index contributed by atoms with van der Waals surface area (Å²) in [5, 5.41) is 7.84. The van der Waals surface area contributed by atoms with Crippen LogP contribution in [0.25, 0.3) is 0 Å². The van der Waals surface area contributed by atoms with Crippen LogP contribution in [0, 0.1) is 0 Å². The summed E-state index contributed by atoms with van der Waals surface area (Å²) >= 11 is 0. The first kappa shape index (κ1) is 16.5. The average molecular weight is 292 g/mol. The first-order valence-electron chi connectivity index (χ1n) is 8.44. The van der Waals surface area contributed by atoms with E-state index in [0.29, 0.717) is 6.04 Å². The quantitative estimate of drug-likeness (QED) is 0.875. The highest BCUT2D eigenvalue weighted by Crippen LogP contribution is 2.25. The van der Waals surface area contributed by atoms with Gasteiger partial charge in [0, 0.05) is 24.8 Å². The van der Waals surface area contributed by atoms with Crippen molar-refractivity contribution in [1.82, 2.24) is 20.0 Å². The predicted octanol–water partition coefficient (Wildman–Crippen LogP) is 2.60. The Morgan fingerprint density at radius 1 is 1.24 bits per heavy atom. The minimum Gasteiger partial charge on any atom is -0.315 e. The molecule has 4 heteroatoms. The molecule has 0 aromatic carbocycles. The van der Waals surface area contributed by atoms with Crippen molar-refractivity contribution in [2.24, 2.45) is 7.05 Å². The Morgan fingerprint density at radius 2 is 1.90 bits per heavy atom. The summed E-state index contributed by atoms with van der Waals surface area (Å²) in [7, 11) is 4.09. The molecule has 0 bridgehead atoms. The van der Waals surface area contributed by atoms with Gasteiger partial charge in [0.15, 0.2) is 0 Å². The van der Waals surface area contributed by atoms with Crippen LogP contribution in [-0.2, 0) is 13.5 Å². The number of nitrogens with zero attached hydrogens (tertiary/aromatic N) is 3. The maximum absolute atomic E-state index is 4.27. The largest absolute Gasteiger partial charge is 0.315 e. The van der Waals surface area contributed by atoms with E-state index in [9.17, 15) is 0 Å². The van der Waals surface area contributed by atoms with Crippen LogP contribution in [0.3, 0.4) is 0 Å². The van der Waals surface area contributed by atoms with Crippen molar-refractivity contribution in [2.75, 3.05) is 20.1 Å². The van der Waals surface area contributed by atoms with E-state index in [-0.39, 0.29) is 5.54 Å². The van der Waals surface area contributed by atoms with E-state index >= 15 is 0 Å². The van der Waals surface area contributed by atoms with Crippen LogP contribution in [-0.4, -0.2) is 46.4 Å². The maximum atomic E-state index is 4.27. The molecule has 21 heavy (non-hydrogen) atoms. The lowest BCUT2D eigenvalue weighted by molar-refractivity contribution is 0.0832. The van der Waals surface area contributed by atoms with Gasteiger partial charge in [0.2, 0.25) is 0 Å². The van der Waals surface area contributed by atoms with Gasteiger partial charge in [-0.1, -0.05) is 12.8 Å². The van der Waals surface area contributed by atoms with Crippen molar-refractivity contribution in [2.45, 2.75) is 64.0 Å². The molecular formula is C17H32N4. The molecule has 1 atom stereocenters. The molecule has 1 unspecified atom stereocenters. The molecule has 4 nitrogen and oxygen atoms in total. The second-order valence-corrected chi connectivity index (χ2v) is 6.96. The minimum atomic E-state index is 0.210. The normalized spacial score (nSPS) is 19.4. The number of likely N-dealkylation sites (N-methyl/N-ethyl adjacent to an activating group) is 1. The number of hydrogen-bond donors (Lipinski definition) is 1. The first-order chi connectivity index (χ1) is 10.0. The van der Waals surface area contributed by atoms with E-state index in [2.05, 4.69) is 42.4 Å². The number of rotatable bonds is 6. The highest BCUT2D eigenvalue weighted by Gasteiger charge is 2.34. The Balaban J connectivity index is 1.96. The molecule has 0 amide bonds. The summed E-state index contributed by atoms with van der Waals surface area (Å²) < 4.78 is 1.89. The van der Waals surface area contributed by atoms with Crippen molar-refractivity contribution in [3.8, 4) is 0 Å². The Kier molecular flexibility index (Phi) is 5.82. The van der Waals surface area contributed by atoms with E-state index in [1.54, 1.807) is 0 Å². The van der Waals surface area contributed by atoms with Crippen LogP contribution < -0.4 is 5.32 Å². The Bertz CT molecular complexity index is 416. The standard InChI is InChI=1S/C17H32N4/c1-17(2,21-11-7-5-6-8-12-21)16(18-3)10-9-15-13-19-20(4)14-15/h13-14,16,18H,5-12H2,1-4H3. The number of nitrogens with one attached hydrogen (secondary N) is 1. The molecule has 120 valence electrons. The Labute approximate surface area is 129 Å². The molecule has 1 saturated heterocycles. The van der Waals surface area contributed by atoms with Crippen LogP contribution in [0.5, 0.6) is 0 Å². The second kappa shape index (κ2) is 7.41. The molecule has 0 saturated carbocycles. The van der Waals surface area contributed by atoms with E-state index in [1.165, 1.54) is 44.3 Å². The third kappa shape index (κ3) is 4.30. The highest BCUT2D eigenvalue weighted by atomic mass is 15.2. The molecular weight excluding hydrogens is 260 g/mol. The number of aromatic nitrogens is 2. The lowest BCUT2D eigenvalue weighted by Crippen LogP contribution is -2.57. The smallest absolute Gasteiger partial charge is 0.0521 e. The van der Waals surface area contributed by atoms with E-state index < -0.39 is 0 Å². The molecule has 1 N–H and O–H groups in total. The topological polar surface area (TPSA) is 33.1 Å². The average Bonchev–Trinajstić information content (AvgIpc) is 2.70. The first-order valence-corrected chi connectivity index (χ1v) is 8.44. The summed E-state index contributed by atoms with van der Waals surface area (Å²) in [6.45, 7) is 7.31. The van der Waals surface area contributed by atoms with Gasteiger partial charge in [0.05, 0.1) is 6.20 Å². The lowest BCUT2D eigenvalue weighted by atomic mass is 9.88. The number of hydrogen-bond acceptors (Lipinski definition) is 3. The third-order valence-corrected chi connectivity index (χ3v) is 5.10. The number of likely N-dealkylation sites (tertiary alicyclic amines) is 1. The lowest BCUT2D eigenvalue weighted by Gasteiger charge is -2.44. The summed E-state index contributed by atoms with van der Waals surface area (Å²) in [5.74, 6) is 0. The third-order valence-electron chi connectivity index (χ3n) is 5.10. The van der Waals surface area contributed by atoms with Gasteiger partial charge in [-0.05, 0) is 65.2 Å². The van der Waals surface area contributed by atoms with E-state index in [0.717, 1.165) is 12.8 Å². The maximum Gasteiger partial charge on any atom is 0.0521 e. The zero-order valence-electron chi connectivity index (χ0n) is 14.2. The molecule has 0 spiro atoms. The van der Waals surface area contributed by atoms with Gasteiger partial charge in [-0.3, -0.25) is 9.58 Å². The van der Waals surface area contributed by atoms with E-state index in [1.807, 2.05) is 17.9 Å². The van der Waals surface area contributed by atoms with Crippen molar-refractivity contribution in [3.63, 3.8) is 0 Å².